The van der Waals surface area contributed by atoms with Crippen molar-refractivity contribution in [2.45, 2.75) is 6.92 Å². The van der Waals surface area contributed by atoms with Gasteiger partial charge in [-0.05, 0) is 37.3 Å². The Balaban J connectivity index is 2.16. The summed E-state index contributed by atoms with van der Waals surface area (Å²) in [6.07, 6.45) is 3.08. The summed E-state index contributed by atoms with van der Waals surface area (Å²) in [5, 5.41) is 8.93. The van der Waals surface area contributed by atoms with Crippen LogP contribution in [0.1, 0.15) is 12.5 Å². The molecule has 0 spiro atoms. The molecule has 0 unspecified atom stereocenters. The van der Waals surface area contributed by atoms with Gasteiger partial charge in [0.25, 0.3) is 0 Å². The molecule has 0 bridgehead atoms. The van der Waals surface area contributed by atoms with Crippen molar-refractivity contribution in [2.24, 2.45) is 0 Å². The Kier molecular flexibility index (Phi) is 3.77. The molecule has 1 aromatic carbocycles. The highest BCUT2D eigenvalue weighted by Crippen LogP contribution is 2.25. The summed E-state index contributed by atoms with van der Waals surface area (Å²) >= 11 is 0. The molecule has 18 heavy (non-hydrogen) atoms. The standard InChI is InChI=1S/C14H12N2O2/c1-2-17-12-3-5-13(6-4-12)18-14-10-16-8-7-11(14)9-15/h3-8,10H,2H2,1H3. The molecule has 1 aromatic heterocycles. The number of benzene rings is 1. The van der Waals surface area contributed by atoms with Crippen molar-refractivity contribution in [2.75, 3.05) is 6.61 Å². The van der Waals surface area contributed by atoms with E-state index in [-0.39, 0.29) is 0 Å². The van der Waals surface area contributed by atoms with Crippen molar-refractivity contribution >= 4 is 0 Å². The zero-order valence-corrected chi connectivity index (χ0v) is 9.96. The molecule has 0 atom stereocenters. The van der Waals surface area contributed by atoms with Gasteiger partial charge in [0, 0.05) is 6.20 Å². The van der Waals surface area contributed by atoms with Crippen LogP contribution in [-0.2, 0) is 0 Å². The maximum Gasteiger partial charge on any atom is 0.163 e. The fraction of sp³-hybridized carbons (Fsp3) is 0.143. The SMILES string of the molecule is CCOc1ccc(Oc2cnccc2C#N)cc1. The van der Waals surface area contributed by atoms with Gasteiger partial charge in [-0.3, -0.25) is 4.98 Å². The highest BCUT2D eigenvalue weighted by Gasteiger charge is 2.04. The third-order valence-electron chi connectivity index (χ3n) is 2.27. The predicted octanol–water partition coefficient (Wildman–Crippen LogP) is 3.14. The monoisotopic (exact) mass is 240 g/mol. The van der Waals surface area contributed by atoms with Gasteiger partial charge in [-0.25, -0.2) is 0 Å². The number of nitrogens with zero attached hydrogens (tertiary/aromatic N) is 2. The van der Waals surface area contributed by atoms with Gasteiger partial charge in [0.15, 0.2) is 5.75 Å². The molecular weight excluding hydrogens is 228 g/mol. The van der Waals surface area contributed by atoms with Crippen LogP contribution in [0.4, 0.5) is 0 Å². The number of aromatic nitrogens is 1. The third-order valence-corrected chi connectivity index (χ3v) is 2.27. The van der Waals surface area contributed by atoms with Crippen molar-refractivity contribution in [1.29, 1.82) is 5.26 Å². The summed E-state index contributed by atoms with van der Waals surface area (Å²) in [4.78, 5) is 3.94. The Morgan fingerprint density at radius 2 is 1.89 bits per heavy atom. The molecule has 0 aliphatic heterocycles. The van der Waals surface area contributed by atoms with Crippen molar-refractivity contribution < 1.29 is 9.47 Å². The summed E-state index contributed by atoms with van der Waals surface area (Å²) in [6, 6.07) is 10.9. The minimum Gasteiger partial charge on any atom is -0.494 e. The molecule has 0 N–H and O–H groups in total. The smallest absolute Gasteiger partial charge is 0.163 e. The zero-order chi connectivity index (χ0) is 12.8. The Morgan fingerprint density at radius 1 is 1.17 bits per heavy atom. The van der Waals surface area contributed by atoms with E-state index in [1.807, 2.05) is 19.1 Å². The van der Waals surface area contributed by atoms with Crippen LogP contribution in [-0.4, -0.2) is 11.6 Å². The van der Waals surface area contributed by atoms with Crippen molar-refractivity contribution in [3.8, 4) is 23.3 Å². The lowest BCUT2D eigenvalue weighted by Crippen LogP contribution is -1.92. The van der Waals surface area contributed by atoms with Crippen LogP contribution < -0.4 is 9.47 Å². The molecule has 2 rings (SSSR count). The number of hydrogen-bond donors (Lipinski definition) is 0. The molecule has 0 fully saturated rings. The van der Waals surface area contributed by atoms with E-state index < -0.39 is 0 Å². The summed E-state index contributed by atoms with van der Waals surface area (Å²) in [7, 11) is 0. The van der Waals surface area contributed by atoms with Crippen LogP contribution in [0.5, 0.6) is 17.2 Å². The van der Waals surface area contributed by atoms with Gasteiger partial charge < -0.3 is 9.47 Å². The number of pyridine rings is 1. The number of rotatable bonds is 4. The first-order valence-electron chi connectivity index (χ1n) is 5.58. The summed E-state index contributed by atoms with van der Waals surface area (Å²) < 4.78 is 10.9. The summed E-state index contributed by atoms with van der Waals surface area (Å²) in [6.45, 7) is 2.56. The Hall–Kier alpha value is -2.54. The van der Waals surface area contributed by atoms with Crippen molar-refractivity contribution in [3.63, 3.8) is 0 Å². The van der Waals surface area contributed by atoms with Crippen LogP contribution >= 0.6 is 0 Å². The van der Waals surface area contributed by atoms with Crippen LogP contribution in [0.3, 0.4) is 0 Å². The average Bonchev–Trinajstić information content (AvgIpc) is 2.42. The molecule has 0 aliphatic carbocycles. The summed E-state index contributed by atoms with van der Waals surface area (Å²) in [5.41, 5.74) is 0.457. The first kappa shape index (κ1) is 11.9. The molecule has 1 heterocycles. The van der Waals surface area contributed by atoms with Gasteiger partial charge in [0.1, 0.15) is 17.6 Å². The van der Waals surface area contributed by atoms with E-state index in [0.29, 0.717) is 23.7 Å². The quantitative estimate of drug-likeness (QED) is 0.823. The highest BCUT2D eigenvalue weighted by atomic mass is 16.5. The fourth-order valence-electron chi connectivity index (χ4n) is 1.45. The zero-order valence-electron chi connectivity index (χ0n) is 9.96. The molecular formula is C14H12N2O2. The van der Waals surface area contributed by atoms with Gasteiger partial charge in [-0.2, -0.15) is 5.26 Å². The second-order valence-electron chi connectivity index (χ2n) is 3.49. The van der Waals surface area contributed by atoms with E-state index in [1.54, 1.807) is 24.4 Å². The summed E-state index contributed by atoms with van der Waals surface area (Å²) in [5.74, 6) is 1.88. The maximum absolute atomic E-state index is 8.93. The third kappa shape index (κ3) is 2.77. The van der Waals surface area contributed by atoms with Gasteiger partial charge in [0.05, 0.1) is 18.4 Å². The van der Waals surface area contributed by atoms with E-state index in [2.05, 4.69) is 11.1 Å². The van der Waals surface area contributed by atoms with Crippen LogP contribution in [0.2, 0.25) is 0 Å². The lowest BCUT2D eigenvalue weighted by molar-refractivity contribution is 0.339. The minimum atomic E-state index is 0.448. The second kappa shape index (κ2) is 5.69. The van der Waals surface area contributed by atoms with E-state index in [0.717, 1.165) is 5.75 Å². The Labute approximate surface area is 105 Å². The molecule has 4 heteroatoms. The topological polar surface area (TPSA) is 55.1 Å². The molecule has 0 radical (unpaired) electrons. The molecule has 90 valence electrons. The maximum atomic E-state index is 8.93. The Bertz CT molecular complexity index is 559. The van der Waals surface area contributed by atoms with Crippen LogP contribution in [0.25, 0.3) is 0 Å². The van der Waals surface area contributed by atoms with Gasteiger partial charge in [0.2, 0.25) is 0 Å². The molecule has 0 saturated carbocycles. The Morgan fingerprint density at radius 3 is 2.56 bits per heavy atom. The number of nitriles is 1. The molecule has 4 nitrogen and oxygen atoms in total. The molecule has 0 aliphatic rings. The van der Waals surface area contributed by atoms with Crippen LogP contribution in [0.15, 0.2) is 42.7 Å². The van der Waals surface area contributed by atoms with E-state index >= 15 is 0 Å². The number of hydrogen-bond acceptors (Lipinski definition) is 4. The van der Waals surface area contributed by atoms with Crippen molar-refractivity contribution in [3.05, 3.63) is 48.3 Å². The highest BCUT2D eigenvalue weighted by molar-refractivity contribution is 5.43. The second-order valence-corrected chi connectivity index (χ2v) is 3.49. The van der Waals surface area contributed by atoms with Gasteiger partial charge in [-0.1, -0.05) is 0 Å². The minimum absolute atomic E-state index is 0.448. The normalized spacial score (nSPS) is 9.56. The van der Waals surface area contributed by atoms with Crippen LogP contribution in [0, 0.1) is 11.3 Å². The molecule has 0 amide bonds. The first-order valence-corrected chi connectivity index (χ1v) is 5.58. The predicted molar refractivity (Wildman–Crippen MR) is 66.6 cm³/mol. The van der Waals surface area contributed by atoms with E-state index in [9.17, 15) is 0 Å². The fourth-order valence-corrected chi connectivity index (χ4v) is 1.45. The molecule has 2 aromatic rings. The van der Waals surface area contributed by atoms with E-state index in [1.165, 1.54) is 6.20 Å². The largest absolute Gasteiger partial charge is 0.494 e. The lowest BCUT2D eigenvalue weighted by Gasteiger charge is -2.07. The molecule has 0 saturated heterocycles. The lowest BCUT2D eigenvalue weighted by atomic mass is 10.2. The number of ether oxygens (including phenoxy) is 2. The first-order chi connectivity index (χ1) is 8.83. The van der Waals surface area contributed by atoms with E-state index in [4.69, 9.17) is 14.7 Å². The van der Waals surface area contributed by atoms with Gasteiger partial charge in [-0.15, -0.1) is 0 Å². The average molecular weight is 240 g/mol. The van der Waals surface area contributed by atoms with Gasteiger partial charge >= 0.3 is 0 Å². The van der Waals surface area contributed by atoms with Crippen molar-refractivity contribution in [1.82, 2.24) is 4.98 Å².